The van der Waals surface area contributed by atoms with Crippen LogP contribution >= 0.6 is 0 Å². The van der Waals surface area contributed by atoms with Gasteiger partial charge in [-0.25, -0.2) is 4.39 Å². The standard InChI is InChI=1S/C15H15FO2/c1-2-18-14-9-5-12(6-10-14)15(17)11-3-7-13(16)8-4-11/h3-10,15,17H,2H2,1H3. The summed E-state index contributed by atoms with van der Waals surface area (Å²) in [4.78, 5) is 0. The molecule has 0 bridgehead atoms. The van der Waals surface area contributed by atoms with Crippen LogP contribution in [0.15, 0.2) is 48.5 Å². The molecule has 0 spiro atoms. The second kappa shape index (κ2) is 5.65. The molecular weight excluding hydrogens is 231 g/mol. The van der Waals surface area contributed by atoms with Gasteiger partial charge in [0.1, 0.15) is 17.7 Å². The van der Waals surface area contributed by atoms with Crippen molar-refractivity contribution in [3.63, 3.8) is 0 Å². The van der Waals surface area contributed by atoms with E-state index in [2.05, 4.69) is 0 Å². The van der Waals surface area contributed by atoms with E-state index in [4.69, 9.17) is 4.74 Å². The first-order chi connectivity index (χ1) is 8.70. The first-order valence-corrected chi connectivity index (χ1v) is 5.87. The molecule has 0 aliphatic heterocycles. The van der Waals surface area contributed by atoms with Crippen molar-refractivity contribution in [2.75, 3.05) is 6.61 Å². The molecule has 0 amide bonds. The summed E-state index contributed by atoms with van der Waals surface area (Å²) in [6.45, 7) is 2.53. The van der Waals surface area contributed by atoms with E-state index < -0.39 is 6.10 Å². The van der Waals surface area contributed by atoms with Crippen LogP contribution in [0.2, 0.25) is 0 Å². The fraction of sp³-hybridized carbons (Fsp3) is 0.200. The van der Waals surface area contributed by atoms with Gasteiger partial charge < -0.3 is 9.84 Å². The zero-order valence-corrected chi connectivity index (χ0v) is 10.1. The highest BCUT2D eigenvalue weighted by Gasteiger charge is 2.10. The second-order valence-electron chi connectivity index (χ2n) is 3.96. The maximum atomic E-state index is 12.8. The number of benzene rings is 2. The van der Waals surface area contributed by atoms with Crippen molar-refractivity contribution >= 4 is 0 Å². The Kier molecular flexibility index (Phi) is 3.95. The van der Waals surface area contributed by atoms with E-state index in [0.29, 0.717) is 12.2 Å². The molecule has 2 aromatic carbocycles. The van der Waals surface area contributed by atoms with Crippen molar-refractivity contribution in [1.29, 1.82) is 0 Å². The van der Waals surface area contributed by atoms with Crippen molar-refractivity contribution in [2.24, 2.45) is 0 Å². The first-order valence-electron chi connectivity index (χ1n) is 5.87. The molecule has 0 aromatic heterocycles. The van der Waals surface area contributed by atoms with Crippen molar-refractivity contribution in [2.45, 2.75) is 13.0 Å². The summed E-state index contributed by atoms with van der Waals surface area (Å²) in [5, 5.41) is 10.1. The molecule has 1 N–H and O–H groups in total. The number of aliphatic hydroxyl groups excluding tert-OH is 1. The van der Waals surface area contributed by atoms with Gasteiger partial charge in [-0.3, -0.25) is 0 Å². The van der Waals surface area contributed by atoms with Crippen LogP contribution in [-0.4, -0.2) is 11.7 Å². The minimum Gasteiger partial charge on any atom is -0.494 e. The lowest BCUT2D eigenvalue weighted by Gasteiger charge is -2.12. The highest BCUT2D eigenvalue weighted by Crippen LogP contribution is 2.24. The lowest BCUT2D eigenvalue weighted by molar-refractivity contribution is 0.220. The molecule has 18 heavy (non-hydrogen) atoms. The summed E-state index contributed by atoms with van der Waals surface area (Å²) < 4.78 is 18.1. The fourth-order valence-corrected chi connectivity index (χ4v) is 1.75. The van der Waals surface area contributed by atoms with Crippen LogP contribution in [0.1, 0.15) is 24.2 Å². The molecule has 1 unspecified atom stereocenters. The smallest absolute Gasteiger partial charge is 0.123 e. The molecule has 0 saturated heterocycles. The van der Waals surface area contributed by atoms with Crippen molar-refractivity contribution in [3.05, 3.63) is 65.5 Å². The van der Waals surface area contributed by atoms with Crippen LogP contribution < -0.4 is 4.74 Å². The van der Waals surface area contributed by atoms with Gasteiger partial charge in [0.15, 0.2) is 0 Å². The molecule has 94 valence electrons. The molecule has 2 nitrogen and oxygen atoms in total. The lowest BCUT2D eigenvalue weighted by atomic mass is 10.0. The Morgan fingerprint density at radius 2 is 1.50 bits per heavy atom. The average molecular weight is 246 g/mol. The Morgan fingerprint density at radius 3 is 2.00 bits per heavy atom. The Hall–Kier alpha value is -1.87. The van der Waals surface area contributed by atoms with Crippen LogP contribution in [-0.2, 0) is 0 Å². The predicted molar refractivity (Wildman–Crippen MR) is 68.1 cm³/mol. The number of rotatable bonds is 4. The van der Waals surface area contributed by atoms with Crippen molar-refractivity contribution in [3.8, 4) is 5.75 Å². The molecule has 2 aromatic rings. The molecule has 0 radical (unpaired) electrons. The van der Waals surface area contributed by atoms with Crippen LogP contribution in [0.5, 0.6) is 5.75 Å². The Morgan fingerprint density at radius 1 is 1.00 bits per heavy atom. The van der Waals surface area contributed by atoms with Gasteiger partial charge in [-0.15, -0.1) is 0 Å². The molecule has 1 atom stereocenters. The van der Waals surface area contributed by atoms with E-state index in [1.807, 2.05) is 19.1 Å². The van der Waals surface area contributed by atoms with E-state index in [1.54, 1.807) is 24.3 Å². The van der Waals surface area contributed by atoms with Crippen molar-refractivity contribution in [1.82, 2.24) is 0 Å². The van der Waals surface area contributed by atoms with Gasteiger partial charge in [-0.05, 0) is 42.3 Å². The van der Waals surface area contributed by atoms with E-state index >= 15 is 0 Å². The third kappa shape index (κ3) is 2.87. The minimum atomic E-state index is -0.749. The Labute approximate surface area is 106 Å². The first kappa shape index (κ1) is 12.6. The molecule has 0 aliphatic rings. The number of hydrogen-bond acceptors (Lipinski definition) is 2. The lowest BCUT2D eigenvalue weighted by Crippen LogP contribution is -2.00. The zero-order chi connectivity index (χ0) is 13.0. The molecule has 2 rings (SSSR count). The van der Waals surface area contributed by atoms with E-state index in [-0.39, 0.29) is 5.82 Å². The monoisotopic (exact) mass is 246 g/mol. The van der Waals surface area contributed by atoms with Gasteiger partial charge in [0.25, 0.3) is 0 Å². The van der Waals surface area contributed by atoms with Crippen LogP contribution in [0.25, 0.3) is 0 Å². The molecule has 0 heterocycles. The van der Waals surface area contributed by atoms with Crippen LogP contribution in [0, 0.1) is 5.82 Å². The van der Waals surface area contributed by atoms with Crippen LogP contribution in [0.4, 0.5) is 4.39 Å². The average Bonchev–Trinajstić information content (AvgIpc) is 2.40. The maximum Gasteiger partial charge on any atom is 0.123 e. The summed E-state index contributed by atoms with van der Waals surface area (Å²) in [5.74, 6) is 0.463. The highest BCUT2D eigenvalue weighted by atomic mass is 19.1. The SMILES string of the molecule is CCOc1ccc(C(O)c2ccc(F)cc2)cc1. The van der Waals surface area contributed by atoms with E-state index in [1.165, 1.54) is 12.1 Å². The normalized spacial score (nSPS) is 12.2. The predicted octanol–water partition coefficient (Wildman–Crippen LogP) is 3.31. The number of halogens is 1. The second-order valence-corrected chi connectivity index (χ2v) is 3.96. The topological polar surface area (TPSA) is 29.5 Å². The zero-order valence-electron chi connectivity index (χ0n) is 10.1. The van der Waals surface area contributed by atoms with Gasteiger partial charge in [0.05, 0.1) is 6.61 Å². The van der Waals surface area contributed by atoms with E-state index in [9.17, 15) is 9.50 Å². The highest BCUT2D eigenvalue weighted by molar-refractivity contribution is 5.34. The number of hydrogen-bond donors (Lipinski definition) is 1. The van der Waals surface area contributed by atoms with Gasteiger partial charge in [0, 0.05) is 0 Å². The van der Waals surface area contributed by atoms with Gasteiger partial charge in [-0.1, -0.05) is 24.3 Å². The van der Waals surface area contributed by atoms with Crippen molar-refractivity contribution < 1.29 is 14.2 Å². The summed E-state index contributed by atoms with van der Waals surface area (Å²) >= 11 is 0. The van der Waals surface area contributed by atoms with Gasteiger partial charge in [-0.2, -0.15) is 0 Å². The van der Waals surface area contributed by atoms with E-state index in [0.717, 1.165) is 11.3 Å². The minimum absolute atomic E-state index is 0.308. The number of ether oxygens (including phenoxy) is 1. The number of aliphatic hydroxyl groups is 1. The third-order valence-electron chi connectivity index (χ3n) is 2.69. The molecule has 0 fully saturated rings. The summed E-state index contributed by atoms with van der Waals surface area (Å²) in [6.07, 6.45) is -0.749. The maximum absolute atomic E-state index is 12.8. The van der Waals surface area contributed by atoms with Crippen LogP contribution in [0.3, 0.4) is 0 Å². The largest absolute Gasteiger partial charge is 0.494 e. The molecule has 0 aliphatic carbocycles. The molecule has 3 heteroatoms. The summed E-state index contributed by atoms with van der Waals surface area (Å²) in [5.41, 5.74) is 1.42. The Balaban J connectivity index is 2.17. The van der Waals surface area contributed by atoms with Gasteiger partial charge in [0.2, 0.25) is 0 Å². The summed E-state index contributed by atoms with van der Waals surface area (Å²) in [6, 6.07) is 13.1. The molecular formula is C15H15FO2. The molecule has 0 saturated carbocycles. The summed E-state index contributed by atoms with van der Waals surface area (Å²) in [7, 11) is 0. The fourth-order valence-electron chi connectivity index (χ4n) is 1.75. The quantitative estimate of drug-likeness (QED) is 0.896. The third-order valence-corrected chi connectivity index (χ3v) is 2.69. The van der Waals surface area contributed by atoms with Gasteiger partial charge >= 0.3 is 0 Å². The Bertz CT molecular complexity index is 491.